The number of nitrogens with one attached hydrogen (secondary N) is 1. The van der Waals surface area contributed by atoms with Gasteiger partial charge in [0.25, 0.3) is 10.2 Å². The summed E-state index contributed by atoms with van der Waals surface area (Å²) in [5.41, 5.74) is 0. The molecule has 2 aliphatic rings. The first kappa shape index (κ1) is 15.2. The number of rotatable bonds is 4. The van der Waals surface area contributed by atoms with Gasteiger partial charge >= 0.3 is 0 Å². The third kappa shape index (κ3) is 3.90. The molecule has 0 bridgehead atoms. The molecule has 0 aromatic carbocycles. The summed E-state index contributed by atoms with van der Waals surface area (Å²) in [6.45, 7) is 2.95. The van der Waals surface area contributed by atoms with Crippen molar-refractivity contribution >= 4 is 10.2 Å². The van der Waals surface area contributed by atoms with Crippen molar-refractivity contribution in [3.63, 3.8) is 0 Å². The second-order valence-corrected chi connectivity index (χ2v) is 7.63. The van der Waals surface area contributed by atoms with Gasteiger partial charge in [-0.1, -0.05) is 19.3 Å². The standard InChI is InChI=1S/C13H26N2O3S/c1-11-6-4-5-9-15(11)19(17,18)14-10-12-7-2-3-8-13(12)16/h11-14,16H,2-10H2,1H3. The first-order valence-corrected chi connectivity index (χ1v) is 8.89. The van der Waals surface area contributed by atoms with Gasteiger partial charge in [0.2, 0.25) is 0 Å². The van der Waals surface area contributed by atoms with Crippen LogP contribution in [0.4, 0.5) is 0 Å². The van der Waals surface area contributed by atoms with Crippen LogP contribution in [0.3, 0.4) is 0 Å². The van der Waals surface area contributed by atoms with Gasteiger partial charge in [0.1, 0.15) is 0 Å². The lowest BCUT2D eigenvalue weighted by atomic mass is 9.87. The molecule has 1 saturated carbocycles. The molecule has 1 saturated heterocycles. The summed E-state index contributed by atoms with van der Waals surface area (Å²) in [5.74, 6) is 0.0728. The number of hydrogen-bond donors (Lipinski definition) is 2. The summed E-state index contributed by atoms with van der Waals surface area (Å²) in [6.07, 6.45) is 6.48. The van der Waals surface area contributed by atoms with Gasteiger partial charge in [-0.25, -0.2) is 4.72 Å². The predicted molar refractivity (Wildman–Crippen MR) is 74.9 cm³/mol. The lowest BCUT2D eigenvalue weighted by molar-refractivity contribution is 0.0721. The highest BCUT2D eigenvalue weighted by molar-refractivity contribution is 7.87. The summed E-state index contributed by atoms with van der Waals surface area (Å²) in [5, 5.41) is 9.88. The maximum absolute atomic E-state index is 12.3. The van der Waals surface area contributed by atoms with Crippen LogP contribution in [0.2, 0.25) is 0 Å². The Labute approximate surface area is 116 Å². The summed E-state index contributed by atoms with van der Waals surface area (Å²) < 4.78 is 28.8. The van der Waals surface area contributed by atoms with Crippen LogP contribution in [0, 0.1) is 5.92 Å². The fraction of sp³-hybridized carbons (Fsp3) is 1.00. The minimum absolute atomic E-state index is 0.0728. The molecule has 1 heterocycles. The van der Waals surface area contributed by atoms with Gasteiger partial charge < -0.3 is 5.11 Å². The van der Waals surface area contributed by atoms with E-state index in [4.69, 9.17) is 0 Å². The lowest BCUT2D eigenvalue weighted by Gasteiger charge is -2.33. The largest absolute Gasteiger partial charge is 0.393 e. The van der Waals surface area contributed by atoms with Gasteiger partial charge in [0.15, 0.2) is 0 Å². The molecule has 1 aliphatic heterocycles. The van der Waals surface area contributed by atoms with Gasteiger partial charge in [0, 0.05) is 19.1 Å². The van der Waals surface area contributed by atoms with Gasteiger partial charge in [0.05, 0.1) is 6.10 Å². The Morgan fingerprint density at radius 1 is 1.16 bits per heavy atom. The highest BCUT2D eigenvalue weighted by Gasteiger charge is 2.31. The average molecular weight is 290 g/mol. The average Bonchev–Trinajstić information content (AvgIpc) is 2.38. The van der Waals surface area contributed by atoms with Crippen molar-refractivity contribution in [1.29, 1.82) is 0 Å². The molecule has 2 fully saturated rings. The van der Waals surface area contributed by atoms with E-state index in [1.54, 1.807) is 4.31 Å². The maximum atomic E-state index is 12.3. The molecule has 0 amide bonds. The molecule has 19 heavy (non-hydrogen) atoms. The normalized spacial score (nSPS) is 34.3. The van der Waals surface area contributed by atoms with Crippen LogP contribution in [0.5, 0.6) is 0 Å². The third-order valence-electron chi connectivity index (χ3n) is 4.45. The molecule has 0 spiro atoms. The maximum Gasteiger partial charge on any atom is 0.279 e. The molecule has 6 heteroatoms. The van der Waals surface area contributed by atoms with Gasteiger partial charge in [-0.15, -0.1) is 0 Å². The highest BCUT2D eigenvalue weighted by Crippen LogP contribution is 2.24. The topological polar surface area (TPSA) is 69.6 Å². The van der Waals surface area contributed by atoms with E-state index in [2.05, 4.69) is 4.72 Å². The zero-order valence-electron chi connectivity index (χ0n) is 11.7. The summed E-state index contributed by atoms with van der Waals surface area (Å²) in [6, 6.07) is 0.0857. The number of piperidine rings is 1. The first-order chi connectivity index (χ1) is 9.00. The van der Waals surface area contributed by atoms with E-state index in [0.717, 1.165) is 44.9 Å². The summed E-state index contributed by atoms with van der Waals surface area (Å²) in [7, 11) is -3.38. The Bertz CT molecular complexity index is 385. The van der Waals surface area contributed by atoms with Crippen molar-refractivity contribution in [2.45, 2.75) is 64.0 Å². The van der Waals surface area contributed by atoms with Crippen LogP contribution >= 0.6 is 0 Å². The number of aliphatic hydroxyl groups is 1. The number of hydrogen-bond acceptors (Lipinski definition) is 3. The van der Waals surface area contributed by atoms with Gasteiger partial charge in [-0.2, -0.15) is 12.7 Å². The van der Waals surface area contributed by atoms with Crippen LogP contribution in [-0.2, 0) is 10.2 Å². The van der Waals surface area contributed by atoms with E-state index in [1.165, 1.54) is 0 Å². The Balaban J connectivity index is 1.89. The molecule has 1 aliphatic carbocycles. The Kier molecular flexibility index (Phi) is 5.22. The van der Waals surface area contributed by atoms with Crippen molar-refractivity contribution in [3.05, 3.63) is 0 Å². The smallest absolute Gasteiger partial charge is 0.279 e. The molecule has 0 radical (unpaired) electrons. The van der Waals surface area contributed by atoms with Gasteiger partial charge in [-0.3, -0.25) is 0 Å². The molecular formula is C13H26N2O3S. The van der Waals surface area contributed by atoms with E-state index < -0.39 is 10.2 Å². The third-order valence-corrected chi connectivity index (χ3v) is 6.14. The second kappa shape index (κ2) is 6.52. The van der Waals surface area contributed by atoms with E-state index in [9.17, 15) is 13.5 Å². The quantitative estimate of drug-likeness (QED) is 0.818. The van der Waals surface area contributed by atoms with Crippen molar-refractivity contribution in [1.82, 2.24) is 9.03 Å². The monoisotopic (exact) mass is 290 g/mol. The Hall–Kier alpha value is -0.170. The van der Waals surface area contributed by atoms with Gasteiger partial charge in [-0.05, 0) is 38.5 Å². The lowest BCUT2D eigenvalue weighted by Crippen LogP contribution is -2.49. The predicted octanol–water partition coefficient (Wildman–Crippen LogP) is 1.25. The van der Waals surface area contributed by atoms with Crippen molar-refractivity contribution in [2.75, 3.05) is 13.1 Å². The zero-order chi connectivity index (χ0) is 13.9. The van der Waals surface area contributed by atoms with Crippen LogP contribution in [0.1, 0.15) is 51.9 Å². The molecule has 3 atom stereocenters. The molecule has 0 aromatic rings. The minimum atomic E-state index is -3.38. The summed E-state index contributed by atoms with van der Waals surface area (Å²) >= 11 is 0. The van der Waals surface area contributed by atoms with Crippen molar-refractivity contribution in [3.8, 4) is 0 Å². The molecule has 5 nitrogen and oxygen atoms in total. The molecule has 112 valence electrons. The fourth-order valence-electron chi connectivity index (χ4n) is 3.15. The van der Waals surface area contributed by atoms with E-state index in [0.29, 0.717) is 13.1 Å². The van der Waals surface area contributed by atoms with E-state index >= 15 is 0 Å². The number of nitrogens with zero attached hydrogens (tertiary/aromatic N) is 1. The SMILES string of the molecule is CC1CCCCN1S(=O)(=O)NCC1CCCCC1O. The molecular weight excluding hydrogens is 264 g/mol. The van der Waals surface area contributed by atoms with E-state index in [-0.39, 0.29) is 18.1 Å². The minimum Gasteiger partial charge on any atom is -0.393 e. The van der Waals surface area contributed by atoms with Crippen LogP contribution < -0.4 is 4.72 Å². The van der Waals surface area contributed by atoms with Crippen molar-refractivity contribution in [2.24, 2.45) is 5.92 Å². The van der Waals surface area contributed by atoms with E-state index in [1.807, 2.05) is 6.92 Å². The Morgan fingerprint density at radius 2 is 1.84 bits per heavy atom. The Morgan fingerprint density at radius 3 is 2.53 bits per heavy atom. The summed E-state index contributed by atoms with van der Waals surface area (Å²) in [4.78, 5) is 0. The molecule has 0 aromatic heterocycles. The zero-order valence-corrected chi connectivity index (χ0v) is 12.5. The molecule has 2 rings (SSSR count). The fourth-order valence-corrected chi connectivity index (χ4v) is 4.69. The van der Waals surface area contributed by atoms with Crippen LogP contribution in [0.25, 0.3) is 0 Å². The first-order valence-electron chi connectivity index (χ1n) is 7.45. The molecule has 3 unspecified atom stereocenters. The van der Waals surface area contributed by atoms with Crippen molar-refractivity contribution < 1.29 is 13.5 Å². The second-order valence-electron chi connectivity index (χ2n) is 5.92. The number of aliphatic hydroxyl groups excluding tert-OH is 1. The van der Waals surface area contributed by atoms with Crippen LogP contribution in [0.15, 0.2) is 0 Å². The van der Waals surface area contributed by atoms with Crippen LogP contribution in [-0.4, -0.2) is 43.1 Å². The molecule has 2 N–H and O–H groups in total. The highest BCUT2D eigenvalue weighted by atomic mass is 32.2.